The van der Waals surface area contributed by atoms with Crippen LogP contribution in [0.25, 0.3) is 16.4 Å². The number of H-pyrrole nitrogens is 1. The normalized spacial score (nSPS) is 10.8. The van der Waals surface area contributed by atoms with Gasteiger partial charge in [-0.1, -0.05) is 17.7 Å². The number of thiazole rings is 1. The maximum absolute atomic E-state index is 12.4. The van der Waals surface area contributed by atoms with Crippen LogP contribution in [0.4, 0.5) is 5.69 Å². The van der Waals surface area contributed by atoms with Gasteiger partial charge in [-0.2, -0.15) is 4.68 Å². The van der Waals surface area contributed by atoms with Gasteiger partial charge in [0.05, 0.1) is 5.69 Å². The van der Waals surface area contributed by atoms with E-state index in [1.165, 1.54) is 22.1 Å². The zero-order valence-electron chi connectivity index (χ0n) is 14.2. The van der Waals surface area contributed by atoms with Gasteiger partial charge in [0.15, 0.2) is 0 Å². The molecule has 7 nitrogen and oxygen atoms in total. The maximum atomic E-state index is 12.4. The van der Waals surface area contributed by atoms with Crippen molar-refractivity contribution in [1.82, 2.24) is 14.8 Å². The van der Waals surface area contributed by atoms with E-state index in [0.717, 1.165) is 5.56 Å². The summed E-state index contributed by atoms with van der Waals surface area (Å²) in [5.41, 5.74) is 1.69. The highest BCUT2D eigenvalue weighted by molar-refractivity contribution is 7.12. The molecule has 28 heavy (non-hydrogen) atoms. The first-order valence-electron chi connectivity index (χ1n) is 8.14. The van der Waals surface area contributed by atoms with E-state index in [9.17, 15) is 14.7 Å². The Balaban J connectivity index is 1.59. The summed E-state index contributed by atoms with van der Waals surface area (Å²) in [4.78, 5) is 29.1. The van der Waals surface area contributed by atoms with Crippen molar-refractivity contribution in [2.45, 2.75) is 0 Å². The Labute approximate surface area is 167 Å². The lowest BCUT2D eigenvalue weighted by molar-refractivity contribution is 0.102. The topological polar surface area (TPSA) is 100 Å². The molecule has 0 saturated carbocycles. The van der Waals surface area contributed by atoms with Gasteiger partial charge in [-0.3, -0.25) is 14.7 Å². The lowest BCUT2D eigenvalue weighted by atomic mass is 10.2. The number of halogens is 1. The summed E-state index contributed by atoms with van der Waals surface area (Å²) in [5.74, 6) is -0.302. The van der Waals surface area contributed by atoms with Crippen LogP contribution >= 0.6 is 22.9 Å². The fourth-order valence-electron chi connectivity index (χ4n) is 2.55. The number of nitrogens with zero attached hydrogens (tertiary/aromatic N) is 2. The Morgan fingerprint density at radius 1 is 1.18 bits per heavy atom. The van der Waals surface area contributed by atoms with Gasteiger partial charge in [0.2, 0.25) is 5.13 Å². The quantitative estimate of drug-likeness (QED) is 0.473. The van der Waals surface area contributed by atoms with Gasteiger partial charge in [0, 0.05) is 27.7 Å². The first-order valence-corrected chi connectivity index (χ1v) is 9.40. The molecular formula is C19H13ClN4O3S. The Morgan fingerprint density at radius 3 is 2.71 bits per heavy atom. The molecule has 0 radical (unpaired) electrons. The minimum atomic E-state index is -0.464. The van der Waals surface area contributed by atoms with Gasteiger partial charge in [-0.25, -0.2) is 4.98 Å². The number of aromatic amines is 1. The molecule has 0 aliphatic heterocycles. The molecule has 0 aliphatic rings. The van der Waals surface area contributed by atoms with Crippen molar-refractivity contribution in [2.24, 2.45) is 0 Å². The van der Waals surface area contributed by atoms with Crippen LogP contribution in [0.2, 0.25) is 5.02 Å². The zero-order valence-corrected chi connectivity index (χ0v) is 15.8. The number of anilines is 1. The van der Waals surface area contributed by atoms with Crippen LogP contribution in [0.15, 0.2) is 64.8 Å². The van der Waals surface area contributed by atoms with E-state index in [1.807, 2.05) is 0 Å². The number of hydrogen-bond donors (Lipinski definition) is 3. The Kier molecular flexibility index (Phi) is 4.72. The van der Waals surface area contributed by atoms with Crippen molar-refractivity contribution < 1.29 is 9.90 Å². The highest BCUT2D eigenvalue weighted by Gasteiger charge is 2.15. The highest BCUT2D eigenvalue weighted by Crippen LogP contribution is 2.25. The number of carbonyl (C=O) groups is 1. The van der Waals surface area contributed by atoms with Gasteiger partial charge in [-0.05, 0) is 42.5 Å². The molecule has 0 bridgehead atoms. The zero-order chi connectivity index (χ0) is 19.7. The molecule has 3 N–H and O–H groups in total. The Morgan fingerprint density at radius 2 is 1.96 bits per heavy atom. The smallest absolute Gasteiger partial charge is 0.274 e. The third kappa shape index (κ3) is 3.68. The summed E-state index contributed by atoms with van der Waals surface area (Å²) >= 11 is 7.17. The van der Waals surface area contributed by atoms with Crippen LogP contribution in [0.5, 0.6) is 5.75 Å². The first kappa shape index (κ1) is 18.0. The number of amides is 1. The number of benzene rings is 2. The van der Waals surface area contributed by atoms with E-state index in [2.05, 4.69) is 15.4 Å². The SMILES string of the molecule is O=C(Nc1cccc(Cl)c1)c1cc(=O)n(-c2nc(-c3ccc(O)cc3)cs2)[nH]1. The van der Waals surface area contributed by atoms with Gasteiger partial charge >= 0.3 is 0 Å². The van der Waals surface area contributed by atoms with Crippen LogP contribution in [0.3, 0.4) is 0 Å². The number of phenols is 1. The minimum Gasteiger partial charge on any atom is -0.508 e. The van der Waals surface area contributed by atoms with E-state index in [1.54, 1.807) is 53.9 Å². The lowest BCUT2D eigenvalue weighted by Gasteiger charge is -2.03. The lowest BCUT2D eigenvalue weighted by Crippen LogP contribution is -2.14. The predicted molar refractivity (Wildman–Crippen MR) is 109 cm³/mol. The van der Waals surface area contributed by atoms with Gasteiger partial charge in [0.1, 0.15) is 11.4 Å². The average molecular weight is 413 g/mol. The van der Waals surface area contributed by atoms with Gasteiger partial charge in [-0.15, -0.1) is 11.3 Å². The molecule has 0 aliphatic carbocycles. The number of carbonyl (C=O) groups excluding carboxylic acids is 1. The fraction of sp³-hybridized carbons (Fsp3) is 0. The van der Waals surface area contributed by atoms with Crippen molar-refractivity contribution in [1.29, 1.82) is 0 Å². The second-order valence-electron chi connectivity index (χ2n) is 5.87. The number of rotatable bonds is 4. The second-order valence-corrected chi connectivity index (χ2v) is 7.14. The number of phenolic OH excluding ortho intramolecular Hbond substituents is 1. The van der Waals surface area contributed by atoms with Crippen molar-refractivity contribution in [3.63, 3.8) is 0 Å². The van der Waals surface area contributed by atoms with E-state index < -0.39 is 11.5 Å². The third-order valence-electron chi connectivity index (χ3n) is 3.89. The van der Waals surface area contributed by atoms with Crippen LogP contribution in [0.1, 0.15) is 10.5 Å². The summed E-state index contributed by atoms with van der Waals surface area (Å²) in [7, 11) is 0. The number of hydrogen-bond acceptors (Lipinski definition) is 5. The molecule has 4 rings (SSSR count). The minimum absolute atomic E-state index is 0.103. The van der Waals surface area contributed by atoms with E-state index in [0.29, 0.717) is 21.5 Å². The predicted octanol–water partition coefficient (Wildman–Crippen LogP) is 3.90. The van der Waals surface area contributed by atoms with Crippen molar-refractivity contribution >= 4 is 34.5 Å². The highest BCUT2D eigenvalue weighted by atomic mass is 35.5. The Bertz CT molecular complexity index is 1210. The molecule has 140 valence electrons. The Hall–Kier alpha value is -3.36. The first-order chi connectivity index (χ1) is 13.5. The third-order valence-corrected chi connectivity index (χ3v) is 4.95. The van der Waals surface area contributed by atoms with Gasteiger partial charge in [0.25, 0.3) is 11.5 Å². The second kappa shape index (κ2) is 7.34. The molecule has 2 aromatic carbocycles. The largest absolute Gasteiger partial charge is 0.508 e. The number of aromatic nitrogens is 3. The summed E-state index contributed by atoms with van der Waals surface area (Å²) < 4.78 is 1.21. The molecule has 1 amide bonds. The number of nitrogens with one attached hydrogen (secondary N) is 2. The fourth-order valence-corrected chi connectivity index (χ4v) is 3.54. The van der Waals surface area contributed by atoms with Crippen LogP contribution in [-0.2, 0) is 0 Å². The monoisotopic (exact) mass is 412 g/mol. The average Bonchev–Trinajstić information content (AvgIpc) is 3.29. The molecule has 2 heterocycles. The van der Waals surface area contributed by atoms with Crippen molar-refractivity contribution in [3.8, 4) is 22.1 Å². The summed E-state index contributed by atoms with van der Waals surface area (Å²) in [5, 5.41) is 17.5. The summed E-state index contributed by atoms with van der Waals surface area (Å²) in [6.07, 6.45) is 0. The van der Waals surface area contributed by atoms with Crippen LogP contribution in [0, 0.1) is 0 Å². The van der Waals surface area contributed by atoms with E-state index in [4.69, 9.17) is 11.6 Å². The number of aromatic hydroxyl groups is 1. The molecule has 0 fully saturated rings. The molecule has 0 atom stereocenters. The van der Waals surface area contributed by atoms with Gasteiger partial charge < -0.3 is 10.4 Å². The molecule has 0 unspecified atom stereocenters. The molecule has 2 aromatic heterocycles. The summed E-state index contributed by atoms with van der Waals surface area (Å²) in [6, 6.07) is 14.5. The molecule has 4 aromatic rings. The standard InChI is InChI=1S/C19H13ClN4O3S/c20-12-2-1-3-13(8-12)21-18(27)15-9-17(26)24(23-15)19-22-16(10-28-19)11-4-6-14(25)7-5-11/h1-10,23,25H,(H,21,27). The van der Waals surface area contributed by atoms with Crippen molar-refractivity contribution in [3.05, 3.63) is 81.0 Å². The summed E-state index contributed by atoms with van der Waals surface area (Å²) in [6.45, 7) is 0. The molecule has 0 spiro atoms. The van der Waals surface area contributed by atoms with Crippen LogP contribution in [-0.4, -0.2) is 25.8 Å². The van der Waals surface area contributed by atoms with Crippen molar-refractivity contribution in [2.75, 3.05) is 5.32 Å². The molecule has 9 heteroatoms. The van der Waals surface area contributed by atoms with E-state index in [-0.39, 0.29) is 11.4 Å². The maximum Gasteiger partial charge on any atom is 0.274 e. The molecular weight excluding hydrogens is 400 g/mol. The molecule has 0 saturated heterocycles. The van der Waals surface area contributed by atoms with E-state index >= 15 is 0 Å². The van der Waals surface area contributed by atoms with Crippen LogP contribution < -0.4 is 10.9 Å².